The molecule has 1 aromatic heterocycles. The number of nitrogens with one attached hydrogen (secondary N) is 1. The Hall–Kier alpha value is -0.500. The van der Waals surface area contributed by atoms with Crippen LogP contribution in [0.15, 0.2) is 10.9 Å². The number of nitrogens with zero attached hydrogens (tertiary/aromatic N) is 2. The minimum atomic E-state index is -3.01. The summed E-state index contributed by atoms with van der Waals surface area (Å²) in [5, 5.41) is 5.47. The summed E-state index contributed by atoms with van der Waals surface area (Å²) in [7, 11) is -3.01. The first-order valence-electron chi connectivity index (χ1n) is 6.20. The van der Waals surface area contributed by atoms with Gasteiger partial charge in [0.25, 0.3) is 0 Å². The fourth-order valence-electron chi connectivity index (χ4n) is 2.09. The summed E-state index contributed by atoms with van der Waals surface area (Å²) in [5.74, 6) is 0.198. The van der Waals surface area contributed by atoms with Crippen molar-refractivity contribution in [1.29, 1.82) is 0 Å². The van der Waals surface area contributed by atoms with Crippen LogP contribution in [0.25, 0.3) is 0 Å². The van der Waals surface area contributed by atoms with Gasteiger partial charge in [0.15, 0.2) is 0 Å². The number of sulfonamides is 1. The van der Waals surface area contributed by atoms with Gasteiger partial charge in [-0.3, -0.25) is 0 Å². The second-order valence-corrected chi connectivity index (χ2v) is 7.41. The van der Waals surface area contributed by atoms with Crippen LogP contribution >= 0.6 is 11.3 Å². The summed E-state index contributed by atoms with van der Waals surface area (Å²) < 4.78 is 25.0. The highest BCUT2D eigenvalue weighted by atomic mass is 32.2. The summed E-state index contributed by atoms with van der Waals surface area (Å²) in [4.78, 5) is 4.22. The Morgan fingerprint density at radius 1 is 1.50 bits per heavy atom. The van der Waals surface area contributed by atoms with Crippen molar-refractivity contribution in [3.8, 4) is 0 Å². The lowest BCUT2D eigenvalue weighted by Crippen LogP contribution is -2.45. The molecule has 0 bridgehead atoms. The lowest BCUT2D eigenvalue weighted by Gasteiger charge is -2.31. The van der Waals surface area contributed by atoms with Crippen molar-refractivity contribution in [2.24, 2.45) is 0 Å². The number of rotatable bonds is 5. The molecule has 0 aromatic carbocycles. The van der Waals surface area contributed by atoms with Crippen molar-refractivity contribution in [1.82, 2.24) is 14.6 Å². The Bertz CT molecular complexity index is 451. The largest absolute Gasteiger partial charge is 0.308 e. The fourth-order valence-corrected chi connectivity index (χ4v) is 3.79. The van der Waals surface area contributed by atoms with Crippen LogP contribution in [0.1, 0.15) is 25.5 Å². The van der Waals surface area contributed by atoms with Gasteiger partial charge < -0.3 is 5.32 Å². The third-order valence-corrected chi connectivity index (χ3v) is 5.78. The highest BCUT2D eigenvalue weighted by molar-refractivity contribution is 7.89. The third kappa shape index (κ3) is 3.50. The van der Waals surface area contributed by atoms with Gasteiger partial charge in [0.2, 0.25) is 10.0 Å². The van der Waals surface area contributed by atoms with E-state index in [1.165, 1.54) is 0 Å². The van der Waals surface area contributed by atoms with Crippen molar-refractivity contribution in [3.63, 3.8) is 0 Å². The first-order valence-corrected chi connectivity index (χ1v) is 8.75. The molecule has 1 saturated heterocycles. The average molecular weight is 289 g/mol. The summed E-state index contributed by atoms with van der Waals surface area (Å²) in [5.41, 5.74) is 2.89. The molecule has 2 heterocycles. The number of thiazole rings is 1. The first kappa shape index (κ1) is 13.9. The molecular weight excluding hydrogens is 270 g/mol. The quantitative estimate of drug-likeness (QED) is 0.880. The zero-order chi connectivity index (χ0) is 13.0. The number of piperidine rings is 1. The Kier molecular flexibility index (Phi) is 4.71. The molecule has 1 aliphatic rings. The molecule has 0 amide bonds. The third-order valence-electron chi connectivity index (χ3n) is 3.27. The van der Waals surface area contributed by atoms with Gasteiger partial charge in [0, 0.05) is 31.1 Å². The zero-order valence-electron chi connectivity index (χ0n) is 10.5. The zero-order valence-corrected chi connectivity index (χ0v) is 12.1. The van der Waals surface area contributed by atoms with Gasteiger partial charge in [-0.2, -0.15) is 0 Å². The van der Waals surface area contributed by atoms with Crippen LogP contribution in [0.5, 0.6) is 0 Å². The summed E-state index contributed by atoms with van der Waals surface area (Å²) in [6, 6.07) is 0.398. The van der Waals surface area contributed by atoms with Crippen molar-refractivity contribution in [3.05, 3.63) is 16.6 Å². The number of hydrogen-bond acceptors (Lipinski definition) is 5. The Morgan fingerprint density at radius 2 is 2.22 bits per heavy atom. The predicted molar refractivity (Wildman–Crippen MR) is 73.0 cm³/mol. The van der Waals surface area contributed by atoms with Gasteiger partial charge in [0.05, 0.1) is 17.0 Å². The Morgan fingerprint density at radius 3 is 2.78 bits per heavy atom. The second-order valence-electron chi connectivity index (χ2n) is 4.43. The van der Waals surface area contributed by atoms with E-state index in [1.807, 2.05) is 10.9 Å². The number of hydrogen-bond donors (Lipinski definition) is 1. The molecule has 1 N–H and O–H groups in total. The normalized spacial score (nSPS) is 19.2. The van der Waals surface area contributed by atoms with Crippen LogP contribution in [0.3, 0.4) is 0 Å². The van der Waals surface area contributed by atoms with Crippen LogP contribution in [-0.4, -0.2) is 42.6 Å². The number of aromatic nitrogens is 1. The van der Waals surface area contributed by atoms with Crippen LogP contribution < -0.4 is 5.32 Å². The fraction of sp³-hybridized carbons (Fsp3) is 0.727. The summed E-state index contributed by atoms with van der Waals surface area (Å²) in [6.45, 7) is 3.73. The molecule has 0 atom stereocenters. The van der Waals surface area contributed by atoms with E-state index >= 15 is 0 Å². The predicted octanol–water partition coefficient (Wildman–Crippen LogP) is 1.05. The molecule has 0 saturated carbocycles. The molecule has 0 spiro atoms. The average Bonchev–Trinajstić information content (AvgIpc) is 2.90. The molecule has 2 rings (SSSR count). The molecule has 102 valence electrons. The van der Waals surface area contributed by atoms with Crippen LogP contribution in [-0.2, 0) is 16.6 Å². The maximum absolute atomic E-state index is 11.7. The van der Waals surface area contributed by atoms with Crippen molar-refractivity contribution in [2.75, 3.05) is 18.8 Å². The highest BCUT2D eigenvalue weighted by Gasteiger charge is 2.26. The van der Waals surface area contributed by atoms with E-state index in [0.29, 0.717) is 19.1 Å². The van der Waals surface area contributed by atoms with Crippen LogP contribution in [0.4, 0.5) is 0 Å². The minimum Gasteiger partial charge on any atom is -0.308 e. The molecule has 1 aliphatic heterocycles. The smallest absolute Gasteiger partial charge is 0.213 e. The van der Waals surface area contributed by atoms with Gasteiger partial charge in [-0.1, -0.05) is 0 Å². The van der Waals surface area contributed by atoms with Gasteiger partial charge >= 0.3 is 0 Å². The first-order chi connectivity index (χ1) is 8.62. The Balaban J connectivity index is 1.77. The Labute approximate surface area is 112 Å². The maximum atomic E-state index is 11.7. The van der Waals surface area contributed by atoms with Gasteiger partial charge in [-0.05, 0) is 19.8 Å². The van der Waals surface area contributed by atoms with E-state index in [1.54, 1.807) is 22.6 Å². The van der Waals surface area contributed by atoms with Crippen molar-refractivity contribution in [2.45, 2.75) is 32.4 Å². The second kappa shape index (κ2) is 6.10. The van der Waals surface area contributed by atoms with E-state index < -0.39 is 10.0 Å². The van der Waals surface area contributed by atoms with E-state index in [-0.39, 0.29) is 5.75 Å². The van der Waals surface area contributed by atoms with E-state index in [0.717, 1.165) is 25.1 Å². The molecule has 0 unspecified atom stereocenters. The standard InChI is InChI=1S/C11H19N3O2S2/c1-2-18(15,16)14-5-3-10(4-6-14)12-7-11-8-17-9-13-11/h8-10,12H,2-7H2,1H3. The van der Waals surface area contributed by atoms with Crippen molar-refractivity contribution < 1.29 is 8.42 Å². The summed E-state index contributed by atoms with van der Waals surface area (Å²) in [6.07, 6.45) is 1.76. The topological polar surface area (TPSA) is 62.3 Å². The highest BCUT2D eigenvalue weighted by Crippen LogP contribution is 2.15. The lowest BCUT2D eigenvalue weighted by atomic mass is 10.1. The summed E-state index contributed by atoms with van der Waals surface area (Å²) >= 11 is 1.59. The van der Waals surface area contributed by atoms with E-state index in [2.05, 4.69) is 10.3 Å². The molecular formula is C11H19N3O2S2. The van der Waals surface area contributed by atoms with Gasteiger partial charge in [-0.15, -0.1) is 11.3 Å². The van der Waals surface area contributed by atoms with Crippen molar-refractivity contribution >= 4 is 21.4 Å². The molecule has 1 aromatic rings. The molecule has 0 radical (unpaired) electrons. The lowest BCUT2D eigenvalue weighted by molar-refractivity contribution is 0.288. The molecule has 18 heavy (non-hydrogen) atoms. The SMILES string of the molecule is CCS(=O)(=O)N1CCC(NCc2cscn2)CC1. The molecule has 7 heteroatoms. The van der Waals surface area contributed by atoms with E-state index in [9.17, 15) is 8.42 Å². The molecule has 5 nitrogen and oxygen atoms in total. The minimum absolute atomic E-state index is 0.198. The van der Waals surface area contributed by atoms with Crippen LogP contribution in [0, 0.1) is 0 Å². The van der Waals surface area contributed by atoms with E-state index in [4.69, 9.17) is 0 Å². The van der Waals surface area contributed by atoms with Gasteiger partial charge in [-0.25, -0.2) is 17.7 Å². The van der Waals surface area contributed by atoms with Gasteiger partial charge in [0.1, 0.15) is 0 Å². The maximum Gasteiger partial charge on any atom is 0.213 e. The molecule has 1 fully saturated rings. The van der Waals surface area contributed by atoms with Crippen LogP contribution in [0.2, 0.25) is 0 Å². The molecule has 0 aliphatic carbocycles. The monoisotopic (exact) mass is 289 g/mol.